The van der Waals surface area contributed by atoms with Gasteiger partial charge >= 0.3 is 23.9 Å². The molecule has 2 aromatic carbocycles. The van der Waals surface area contributed by atoms with Crippen LogP contribution in [0.3, 0.4) is 0 Å². The highest BCUT2D eigenvalue weighted by molar-refractivity contribution is 5.79. The summed E-state index contributed by atoms with van der Waals surface area (Å²) in [5.74, 6) is 1.30. The van der Waals surface area contributed by atoms with Crippen molar-refractivity contribution in [2.24, 2.45) is 0 Å². The fourth-order valence-electron chi connectivity index (χ4n) is 4.90. The van der Waals surface area contributed by atoms with Crippen molar-refractivity contribution in [1.29, 1.82) is 0 Å². The number of aromatic nitrogens is 1. The number of hydrogen-bond acceptors (Lipinski definition) is 8. The molecule has 0 fully saturated rings. The molecule has 1 aliphatic carbocycles. The van der Waals surface area contributed by atoms with E-state index in [1.165, 1.54) is 9.80 Å². The third-order valence-electron chi connectivity index (χ3n) is 6.39. The highest BCUT2D eigenvalue weighted by Crippen LogP contribution is 2.37. The fraction of sp³-hybridized carbons (Fsp3) is 0.233. The number of fused-ring (bicyclic) bond motifs is 3. The van der Waals surface area contributed by atoms with Gasteiger partial charge in [0.1, 0.15) is 0 Å². The van der Waals surface area contributed by atoms with Crippen molar-refractivity contribution < 1.29 is 39.6 Å². The molecule has 0 bridgehead atoms. The Morgan fingerprint density at radius 2 is 1.12 bits per heavy atom. The second-order valence-electron chi connectivity index (χ2n) is 9.92. The van der Waals surface area contributed by atoms with E-state index < -0.39 is 50.1 Å². The number of pyridine rings is 1. The highest BCUT2D eigenvalue weighted by atomic mass is 16.4. The molecule has 0 unspecified atom stereocenters. The Morgan fingerprint density at radius 1 is 0.667 bits per heavy atom. The molecule has 12 heteroatoms. The molecule has 42 heavy (non-hydrogen) atoms. The van der Waals surface area contributed by atoms with Crippen molar-refractivity contribution in [3.8, 4) is 23.0 Å². The number of carbonyl (C=O) groups is 4. The normalized spacial score (nSPS) is 11.5. The summed E-state index contributed by atoms with van der Waals surface area (Å²) < 4.78 is 0. The van der Waals surface area contributed by atoms with Crippen molar-refractivity contribution in [3.05, 3.63) is 82.2 Å². The van der Waals surface area contributed by atoms with Gasteiger partial charge in [-0.2, -0.15) is 0 Å². The van der Waals surface area contributed by atoms with Crippen LogP contribution in [0, 0.1) is 11.8 Å². The van der Waals surface area contributed by atoms with E-state index in [0.29, 0.717) is 22.6 Å². The molecule has 6 N–H and O–H groups in total. The predicted octanol–water partition coefficient (Wildman–Crippen LogP) is 1.58. The molecule has 0 saturated heterocycles. The molecule has 0 saturated carbocycles. The van der Waals surface area contributed by atoms with Gasteiger partial charge in [-0.3, -0.25) is 34.0 Å². The lowest BCUT2D eigenvalue weighted by Gasteiger charge is -2.20. The Labute approximate surface area is 240 Å². The molecular formula is C30H28N4O8. The van der Waals surface area contributed by atoms with Crippen LogP contribution in [-0.4, -0.2) is 85.3 Å². The quantitative estimate of drug-likeness (QED) is 0.122. The summed E-state index contributed by atoms with van der Waals surface area (Å²) in [6.07, 6.45) is 0.723. The largest absolute Gasteiger partial charge is 0.480 e. The Bertz CT molecular complexity index is 1540. The molecule has 0 atom stereocenters. The van der Waals surface area contributed by atoms with Crippen LogP contribution in [0.2, 0.25) is 0 Å². The van der Waals surface area contributed by atoms with Crippen molar-refractivity contribution in [1.82, 2.24) is 14.8 Å². The van der Waals surface area contributed by atoms with Gasteiger partial charge in [-0.25, -0.2) is 0 Å². The van der Waals surface area contributed by atoms with Crippen LogP contribution in [0.25, 0.3) is 11.1 Å². The number of aliphatic carboxylic acids is 4. The smallest absolute Gasteiger partial charge is 0.317 e. The first-order valence-corrected chi connectivity index (χ1v) is 12.8. The van der Waals surface area contributed by atoms with Crippen LogP contribution in [0.1, 0.15) is 33.6 Å². The van der Waals surface area contributed by atoms with Gasteiger partial charge in [-0.05, 0) is 65.1 Å². The number of rotatable bonds is 12. The van der Waals surface area contributed by atoms with E-state index in [0.717, 1.165) is 34.2 Å². The number of carboxylic acid groups (broad SMARTS) is 4. The molecule has 0 aliphatic heterocycles. The summed E-state index contributed by atoms with van der Waals surface area (Å²) in [5.41, 5.74) is 12.9. The zero-order valence-electron chi connectivity index (χ0n) is 22.4. The SMILES string of the molecule is Nc1ccc2c(c1)Cc1cc(C#Cc3cc(CN(CC(=O)O)CC(=O)O)nc(CN(CC(=O)O)CC(=O)O)c3)ccc1-2. The number of nitrogens with zero attached hydrogens (tertiary/aromatic N) is 3. The molecule has 0 spiro atoms. The second kappa shape index (κ2) is 12.9. The van der Waals surface area contributed by atoms with Crippen molar-refractivity contribution in [2.45, 2.75) is 19.5 Å². The van der Waals surface area contributed by atoms with E-state index in [1.807, 2.05) is 36.4 Å². The number of anilines is 1. The maximum absolute atomic E-state index is 11.3. The number of nitrogens with two attached hydrogens (primary N) is 1. The number of carboxylic acids is 4. The van der Waals surface area contributed by atoms with Gasteiger partial charge < -0.3 is 26.2 Å². The maximum Gasteiger partial charge on any atom is 0.317 e. The number of nitrogen functional groups attached to an aromatic ring is 1. The summed E-state index contributed by atoms with van der Waals surface area (Å²) in [6.45, 7) is -2.48. The standard InChI is InChI=1S/C30H28N4O8/c31-22-4-6-26-21(11-22)10-20-7-18(3-5-25(20)26)1-2-19-8-23(12-33(14-27(35)36)15-28(37)38)32-24(9-19)13-34(16-29(39)40)17-30(41)42/h3-9,11H,10,12-17,31H2,(H,35,36)(H,37,38)(H,39,40)(H,41,42). The third-order valence-corrected chi connectivity index (χ3v) is 6.39. The molecule has 0 amide bonds. The molecule has 4 rings (SSSR count). The van der Waals surface area contributed by atoms with Crippen LogP contribution in [0.4, 0.5) is 5.69 Å². The molecular weight excluding hydrogens is 544 g/mol. The zero-order chi connectivity index (χ0) is 30.4. The molecule has 1 aliphatic rings. The van der Waals surface area contributed by atoms with Gasteiger partial charge in [0.05, 0.1) is 37.6 Å². The van der Waals surface area contributed by atoms with Crippen LogP contribution in [0.15, 0.2) is 48.5 Å². The first-order chi connectivity index (χ1) is 19.9. The van der Waals surface area contributed by atoms with Crippen LogP contribution < -0.4 is 5.73 Å². The van der Waals surface area contributed by atoms with E-state index in [-0.39, 0.29) is 13.1 Å². The summed E-state index contributed by atoms with van der Waals surface area (Å²) in [4.78, 5) is 52.0. The molecule has 1 heterocycles. The van der Waals surface area contributed by atoms with Gasteiger partial charge in [0.2, 0.25) is 0 Å². The van der Waals surface area contributed by atoms with Gasteiger partial charge in [-0.15, -0.1) is 0 Å². The van der Waals surface area contributed by atoms with Gasteiger partial charge in [0, 0.05) is 29.9 Å². The molecule has 12 nitrogen and oxygen atoms in total. The van der Waals surface area contributed by atoms with Crippen molar-refractivity contribution in [3.63, 3.8) is 0 Å². The Morgan fingerprint density at radius 3 is 1.62 bits per heavy atom. The maximum atomic E-state index is 11.3. The van der Waals surface area contributed by atoms with E-state index in [2.05, 4.69) is 16.8 Å². The summed E-state index contributed by atoms with van der Waals surface area (Å²) in [5, 5.41) is 36.9. The lowest BCUT2D eigenvalue weighted by molar-refractivity contribution is -0.144. The fourth-order valence-corrected chi connectivity index (χ4v) is 4.90. The average Bonchev–Trinajstić information content (AvgIpc) is 3.22. The lowest BCUT2D eigenvalue weighted by atomic mass is 10.0. The molecule has 216 valence electrons. The summed E-state index contributed by atoms with van der Waals surface area (Å²) in [7, 11) is 0. The van der Waals surface area contributed by atoms with Crippen molar-refractivity contribution >= 4 is 29.6 Å². The topological polar surface area (TPSA) is 195 Å². The lowest BCUT2D eigenvalue weighted by Crippen LogP contribution is -2.35. The Hall–Kier alpha value is -5.25. The van der Waals surface area contributed by atoms with Gasteiger partial charge in [-0.1, -0.05) is 24.0 Å². The number of hydrogen-bond donors (Lipinski definition) is 5. The first-order valence-electron chi connectivity index (χ1n) is 12.8. The van der Waals surface area contributed by atoms with Crippen molar-refractivity contribution in [2.75, 3.05) is 31.9 Å². The van der Waals surface area contributed by atoms with Gasteiger partial charge in [0.15, 0.2) is 0 Å². The summed E-state index contributed by atoms with van der Waals surface area (Å²) in [6, 6.07) is 14.9. The van der Waals surface area contributed by atoms with E-state index in [1.54, 1.807) is 12.1 Å². The Kier molecular flexibility index (Phi) is 9.16. The second-order valence-corrected chi connectivity index (χ2v) is 9.92. The first kappa shape index (κ1) is 29.7. The van der Waals surface area contributed by atoms with Crippen LogP contribution in [-0.2, 0) is 38.7 Å². The van der Waals surface area contributed by atoms with E-state index in [4.69, 9.17) is 5.73 Å². The number of benzene rings is 2. The minimum atomic E-state index is -1.22. The van der Waals surface area contributed by atoms with Crippen LogP contribution >= 0.6 is 0 Å². The highest BCUT2D eigenvalue weighted by Gasteiger charge is 2.20. The van der Waals surface area contributed by atoms with Crippen LogP contribution in [0.5, 0.6) is 0 Å². The average molecular weight is 573 g/mol. The summed E-state index contributed by atoms with van der Waals surface area (Å²) >= 11 is 0. The van der Waals surface area contributed by atoms with E-state index in [9.17, 15) is 39.6 Å². The van der Waals surface area contributed by atoms with E-state index >= 15 is 0 Å². The minimum absolute atomic E-state index is 0.140. The molecule has 0 radical (unpaired) electrons. The zero-order valence-corrected chi connectivity index (χ0v) is 22.4. The molecule has 1 aromatic heterocycles. The molecule has 3 aromatic rings. The predicted molar refractivity (Wildman–Crippen MR) is 150 cm³/mol. The Balaban J connectivity index is 1.66. The monoisotopic (exact) mass is 572 g/mol. The third kappa shape index (κ3) is 8.14. The minimum Gasteiger partial charge on any atom is -0.480 e. The van der Waals surface area contributed by atoms with Gasteiger partial charge in [0.25, 0.3) is 0 Å².